The van der Waals surface area contributed by atoms with Crippen LogP contribution < -0.4 is 10.2 Å². The first-order valence-corrected chi connectivity index (χ1v) is 8.98. The summed E-state index contributed by atoms with van der Waals surface area (Å²) in [6.07, 6.45) is -4.39. The van der Waals surface area contributed by atoms with Crippen LogP contribution >= 0.6 is 0 Å². The number of Topliss-reactive ketones (excluding diaryl/α,β-unsaturated/α-hetero) is 1. The molecule has 2 rings (SSSR count). The number of alkyl halides is 3. The van der Waals surface area contributed by atoms with E-state index in [2.05, 4.69) is 0 Å². The van der Waals surface area contributed by atoms with E-state index in [0.717, 1.165) is 17.4 Å². The van der Waals surface area contributed by atoms with Crippen molar-refractivity contribution in [2.75, 3.05) is 4.90 Å². The summed E-state index contributed by atoms with van der Waals surface area (Å²) in [6, 6.07) is 6.30. The van der Waals surface area contributed by atoms with E-state index in [1.54, 1.807) is 26.0 Å². The van der Waals surface area contributed by atoms with E-state index in [4.69, 9.17) is 0 Å². The van der Waals surface area contributed by atoms with Crippen molar-refractivity contribution in [2.24, 2.45) is 0 Å². The van der Waals surface area contributed by atoms with Gasteiger partial charge in [-0.25, -0.2) is 0 Å². The molecule has 1 aliphatic rings. The number of carbonyl (C=O) groups is 3. The molecule has 0 spiro atoms. The quantitative estimate of drug-likeness (QED) is 0.795. The maximum Gasteiger partial charge on any atom is 0.425 e. The minimum atomic E-state index is -5.19. The predicted octanol–water partition coefficient (Wildman–Crippen LogP) is 3.81. The third-order valence-electron chi connectivity index (χ3n) is 4.75. The second-order valence-corrected chi connectivity index (χ2v) is 6.89. The van der Waals surface area contributed by atoms with Crippen LogP contribution in [0.15, 0.2) is 35.5 Å². The molecule has 0 radical (unpaired) electrons. The number of ketones is 1. The molecule has 8 heteroatoms. The summed E-state index contributed by atoms with van der Waals surface area (Å²) in [7, 11) is 0. The van der Waals surface area contributed by atoms with Crippen molar-refractivity contribution in [3.05, 3.63) is 41.1 Å². The smallest absolute Gasteiger partial charge is 0.330 e. The Morgan fingerprint density at radius 2 is 1.71 bits per heavy atom. The molecule has 28 heavy (non-hydrogen) atoms. The van der Waals surface area contributed by atoms with Crippen molar-refractivity contribution in [1.29, 1.82) is 0 Å². The van der Waals surface area contributed by atoms with Gasteiger partial charge in [-0.15, -0.1) is 0 Å². The van der Waals surface area contributed by atoms with Gasteiger partial charge in [0, 0.05) is 17.8 Å². The van der Waals surface area contributed by atoms with Gasteiger partial charge in [-0.1, -0.05) is 31.0 Å². The monoisotopic (exact) mass is 396 g/mol. The van der Waals surface area contributed by atoms with E-state index < -0.39 is 34.9 Å². The number of carbonyl (C=O) groups excluding carboxylic acids is 3. The molecule has 0 bridgehead atoms. The first-order chi connectivity index (χ1) is 13.0. The number of hydrogen-bond donors (Lipinski definition) is 1. The summed E-state index contributed by atoms with van der Waals surface area (Å²) >= 11 is 0. The number of unbranched alkanes of at least 4 members (excludes halogenated alkanes) is 1. The molecule has 0 aliphatic carbocycles. The Morgan fingerprint density at radius 1 is 1.14 bits per heavy atom. The van der Waals surface area contributed by atoms with Gasteiger partial charge in [-0.3, -0.25) is 19.3 Å². The zero-order valence-corrected chi connectivity index (χ0v) is 16.2. The van der Waals surface area contributed by atoms with Crippen LogP contribution in [0.2, 0.25) is 0 Å². The van der Waals surface area contributed by atoms with E-state index >= 15 is 0 Å². The standard InChI is InChI=1S/C20H23F3N2O3/c1-5-6-7-16(27)24-19(20(21,22)23)17(14(4)26)13(3)25(18(19)28)15-10-8-12(2)9-11-15/h8-11H,5-7H2,1-4H3,(H,24,27)/t19-/m1/s1. The zero-order chi connectivity index (χ0) is 21.3. The SMILES string of the molecule is CCCCC(=O)N[C@@]1(C(F)(F)F)C(=O)N(c2ccc(C)cc2)C(C)=C1C(C)=O. The van der Waals surface area contributed by atoms with Crippen LogP contribution in [0, 0.1) is 6.92 Å². The van der Waals surface area contributed by atoms with Crippen LogP contribution in [0.5, 0.6) is 0 Å². The summed E-state index contributed by atoms with van der Waals surface area (Å²) < 4.78 is 42.7. The molecule has 0 aromatic heterocycles. The first kappa shape index (κ1) is 21.7. The maximum absolute atomic E-state index is 14.2. The molecule has 1 atom stereocenters. The molecular formula is C20H23F3N2O3. The fraction of sp³-hybridized carbons (Fsp3) is 0.450. The van der Waals surface area contributed by atoms with Gasteiger partial charge in [0.1, 0.15) is 0 Å². The molecule has 0 unspecified atom stereocenters. The number of amides is 2. The number of allylic oxidation sites excluding steroid dienone is 1. The number of nitrogens with zero attached hydrogens (tertiary/aromatic N) is 1. The lowest BCUT2D eigenvalue weighted by atomic mass is 9.86. The van der Waals surface area contributed by atoms with Crippen LogP contribution in [0.1, 0.15) is 45.6 Å². The molecule has 1 N–H and O–H groups in total. The summed E-state index contributed by atoms with van der Waals surface area (Å²) in [6.45, 7) is 5.83. The Hall–Kier alpha value is -2.64. The van der Waals surface area contributed by atoms with Crippen molar-refractivity contribution < 1.29 is 27.6 Å². The van der Waals surface area contributed by atoms with Crippen molar-refractivity contribution in [1.82, 2.24) is 5.32 Å². The number of nitrogens with one attached hydrogen (secondary N) is 1. The van der Waals surface area contributed by atoms with Crippen LogP contribution in [-0.2, 0) is 14.4 Å². The normalized spacial score (nSPS) is 20.0. The van der Waals surface area contributed by atoms with Gasteiger partial charge in [0.2, 0.25) is 11.4 Å². The van der Waals surface area contributed by atoms with Crippen molar-refractivity contribution >= 4 is 23.3 Å². The van der Waals surface area contributed by atoms with Crippen molar-refractivity contribution in [3.8, 4) is 0 Å². The average molecular weight is 396 g/mol. The topological polar surface area (TPSA) is 66.5 Å². The number of aryl methyl sites for hydroxylation is 1. The van der Waals surface area contributed by atoms with Gasteiger partial charge in [0.05, 0.1) is 5.57 Å². The molecule has 2 amide bonds. The molecule has 1 aromatic rings. The second kappa shape index (κ2) is 7.77. The van der Waals surface area contributed by atoms with Gasteiger partial charge < -0.3 is 5.32 Å². The van der Waals surface area contributed by atoms with Crippen molar-refractivity contribution in [3.63, 3.8) is 0 Å². The highest BCUT2D eigenvalue weighted by Gasteiger charge is 2.70. The van der Waals surface area contributed by atoms with E-state index in [-0.39, 0.29) is 17.8 Å². The molecular weight excluding hydrogens is 373 g/mol. The molecule has 5 nitrogen and oxygen atoms in total. The highest BCUT2D eigenvalue weighted by Crippen LogP contribution is 2.46. The minimum absolute atomic E-state index is 0.144. The highest BCUT2D eigenvalue weighted by molar-refractivity contribution is 6.19. The zero-order valence-electron chi connectivity index (χ0n) is 16.2. The Labute approximate surface area is 161 Å². The lowest BCUT2D eigenvalue weighted by Crippen LogP contribution is -2.66. The van der Waals surface area contributed by atoms with Crippen molar-refractivity contribution in [2.45, 2.75) is 58.7 Å². The highest BCUT2D eigenvalue weighted by atomic mass is 19.4. The molecule has 1 aromatic carbocycles. The van der Waals surface area contributed by atoms with Crippen LogP contribution in [0.3, 0.4) is 0 Å². The van der Waals surface area contributed by atoms with Gasteiger partial charge >= 0.3 is 6.18 Å². The van der Waals surface area contributed by atoms with Gasteiger partial charge in [-0.05, 0) is 39.3 Å². The Morgan fingerprint density at radius 3 is 2.18 bits per heavy atom. The lowest BCUT2D eigenvalue weighted by molar-refractivity contribution is -0.190. The van der Waals surface area contributed by atoms with Gasteiger partial charge in [0.25, 0.3) is 5.91 Å². The number of benzene rings is 1. The summed E-state index contributed by atoms with van der Waals surface area (Å²) in [5, 5.41) is 1.86. The average Bonchev–Trinajstić information content (AvgIpc) is 2.81. The molecule has 152 valence electrons. The Balaban J connectivity index is 2.66. The lowest BCUT2D eigenvalue weighted by Gasteiger charge is -2.33. The molecule has 1 aliphatic heterocycles. The molecule has 1 heterocycles. The third-order valence-corrected chi connectivity index (χ3v) is 4.75. The van der Waals surface area contributed by atoms with E-state index in [1.807, 2.05) is 5.32 Å². The third kappa shape index (κ3) is 3.55. The largest absolute Gasteiger partial charge is 0.425 e. The van der Waals surface area contributed by atoms with Crippen LogP contribution in [0.4, 0.5) is 18.9 Å². The summed E-state index contributed by atoms with van der Waals surface area (Å²) in [4.78, 5) is 38.3. The second-order valence-electron chi connectivity index (χ2n) is 6.89. The fourth-order valence-electron chi connectivity index (χ4n) is 3.39. The first-order valence-electron chi connectivity index (χ1n) is 8.98. The Kier molecular flexibility index (Phi) is 6.01. The number of anilines is 1. The number of rotatable bonds is 6. The van der Waals surface area contributed by atoms with Crippen LogP contribution in [-0.4, -0.2) is 29.3 Å². The van der Waals surface area contributed by atoms with Crippen LogP contribution in [0.25, 0.3) is 0 Å². The Bertz CT molecular complexity index is 828. The van der Waals surface area contributed by atoms with Gasteiger partial charge in [-0.2, -0.15) is 13.2 Å². The van der Waals surface area contributed by atoms with E-state index in [9.17, 15) is 27.6 Å². The molecule has 0 saturated carbocycles. The molecule has 0 saturated heterocycles. The maximum atomic E-state index is 14.2. The predicted molar refractivity (Wildman–Crippen MR) is 98.5 cm³/mol. The fourth-order valence-corrected chi connectivity index (χ4v) is 3.39. The van der Waals surface area contributed by atoms with Gasteiger partial charge in [0.15, 0.2) is 5.78 Å². The number of hydrogen-bond acceptors (Lipinski definition) is 3. The molecule has 0 fully saturated rings. The van der Waals surface area contributed by atoms with E-state index in [0.29, 0.717) is 12.8 Å². The number of halogens is 3. The summed E-state index contributed by atoms with van der Waals surface area (Å²) in [5.41, 5.74) is -3.23. The minimum Gasteiger partial charge on any atom is -0.330 e. The van der Waals surface area contributed by atoms with E-state index in [1.165, 1.54) is 19.1 Å². The summed E-state index contributed by atoms with van der Waals surface area (Å²) in [5.74, 6) is -3.25.